The van der Waals surface area contributed by atoms with Crippen molar-refractivity contribution in [3.05, 3.63) is 0 Å². The van der Waals surface area contributed by atoms with Gasteiger partial charge in [0.1, 0.15) is 0 Å². The molecule has 5 nitrogen and oxygen atoms in total. The molecular weight excluding hydrogens is 326 g/mol. The van der Waals surface area contributed by atoms with Crippen LogP contribution >= 0.6 is 12.4 Å². The molecule has 6 heteroatoms. The van der Waals surface area contributed by atoms with Crippen LogP contribution in [0.3, 0.4) is 0 Å². The summed E-state index contributed by atoms with van der Waals surface area (Å²) in [5.41, 5.74) is 6.05. The standard InChI is InChI=1S/C18H31N3O2.ClH/c19-16-8-4-7-14(16)11-17(22)20-15-9-10-21(12-15)18(23)13-5-2-1-3-6-13;/h13-16H,1-12,19H2,(H,20,22);1H/t14-,15?,16+;/m0./s1. The van der Waals surface area contributed by atoms with E-state index in [-0.39, 0.29) is 36.3 Å². The molecule has 0 aromatic heterocycles. The molecule has 1 heterocycles. The van der Waals surface area contributed by atoms with Gasteiger partial charge < -0.3 is 16.0 Å². The predicted molar refractivity (Wildman–Crippen MR) is 96.9 cm³/mol. The molecule has 3 N–H and O–H groups in total. The minimum atomic E-state index is 0. The van der Waals surface area contributed by atoms with Crippen LogP contribution in [-0.4, -0.2) is 41.9 Å². The Bertz CT molecular complexity index is 440. The van der Waals surface area contributed by atoms with Crippen molar-refractivity contribution in [3.63, 3.8) is 0 Å². The van der Waals surface area contributed by atoms with E-state index in [2.05, 4.69) is 5.32 Å². The number of amides is 2. The van der Waals surface area contributed by atoms with Crippen LogP contribution in [0.2, 0.25) is 0 Å². The van der Waals surface area contributed by atoms with Gasteiger partial charge in [-0.3, -0.25) is 9.59 Å². The Hall–Kier alpha value is -0.810. The van der Waals surface area contributed by atoms with E-state index < -0.39 is 0 Å². The molecule has 2 saturated carbocycles. The minimum absolute atomic E-state index is 0. The summed E-state index contributed by atoms with van der Waals surface area (Å²) in [6, 6.07) is 0.321. The zero-order valence-corrected chi connectivity index (χ0v) is 15.4. The molecule has 2 amide bonds. The van der Waals surface area contributed by atoms with E-state index in [1.54, 1.807) is 0 Å². The number of hydrogen-bond acceptors (Lipinski definition) is 3. The lowest BCUT2D eigenvalue weighted by Gasteiger charge is -2.26. The van der Waals surface area contributed by atoms with Crippen LogP contribution in [-0.2, 0) is 9.59 Å². The molecule has 0 aromatic carbocycles. The summed E-state index contributed by atoms with van der Waals surface area (Å²) in [5, 5.41) is 3.13. The normalized spacial score (nSPS) is 30.9. The topological polar surface area (TPSA) is 75.4 Å². The number of likely N-dealkylation sites (tertiary alicyclic amines) is 1. The number of rotatable bonds is 4. The molecule has 3 atom stereocenters. The average molecular weight is 358 g/mol. The molecule has 2 aliphatic carbocycles. The Morgan fingerprint density at radius 3 is 2.42 bits per heavy atom. The van der Waals surface area contributed by atoms with E-state index in [0.29, 0.717) is 24.8 Å². The lowest BCUT2D eigenvalue weighted by molar-refractivity contribution is -0.135. The lowest BCUT2D eigenvalue weighted by Crippen LogP contribution is -2.41. The molecule has 3 rings (SSSR count). The Morgan fingerprint density at radius 1 is 1.00 bits per heavy atom. The highest BCUT2D eigenvalue weighted by Gasteiger charge is 2.33. The molecule has 1 unspecified atom stereocenters. The Labute approximate surface area is 151 Å². The van der Waals surface area contributed by atoms with Gasteiger partial charge in [-0.2, -0.15) is 0 Å². The second kappa shape index (κ2) is 9.04. The summed E-state index contributed by atoms with van der Waals surface area (Å²) in [6.07, 6.45) is 10.4. The fourth-order valence-electron chi connectivity index (χ4n) is 4.53. The van der Waals surface area contributed by atoms with E-state index in [9.17, 15) is 9.59 Å². The third-order valence-electron chi connectivity index (χ3n) is 5.98. The fraction of sp³-hybridized carbons (Fsp3) is 0.889. The first-order valence-corrected chi connectivity index (χ1v) is 9.47. The van der Waals surface area contributed by atoms with Gasteiger partial charge >= 0.3 is 0 Å². The smallest absolute Gasteiger partial charge is 0.225 e. The number of hydrogen-bond donors (Lipinski definition) is 2. The van der Waals surface area contributed by atoms with Crippen molar-refractivity contribution in [2.24, 2.45) is 17.6 Å². The molecule has 24 heavy (non-hydrogen) atoms. The SMILES string of the molecule is Cl.N[C@@H]1CCC[C@H]1CC(=O)NC1CCN(C(=O)C2CCCCC2)C1. The summed E-state index contributed by atoms with van der Waals surface area (Å²) in [7, 11) is 0. The highest BCUT2D eigenvalue weighted by Crippen LogP contribution is 2.28. The van der Waals surface area contributed by atoms with Gasteiger partial charge in [-0.25, -0.2) is 0 Å². The summed E-state index contributed by atoms with van der Waals surface area (Å²) in [6.45, 7) is 1.49. The molecule has 0 aromatic rings. The van der Waals surface area contributed by atoms with Crippen molar-refractivity contribution >= 4 is 24.2 Å². The maximum absolute atomic E-state index is 12.6. The molecule has 0 radical (unpaired) electrons. The predicted octanol–water partition coefficient (Wildman–Crippen LogP) is 2.22. The van der Waals surface area contributed by atoms with Crippen LogP contribution in [0.5, 0.6) is 0 Å². The molecule has 1 aliphatic heterocycles. The van der Waals surface area contributed by atoms with E-state index in [1.165, 1.54) is 19.3 Å². The number of carbonyl (C=O) groups excluding carboxylic acids is 2. The third-order valence-corrected chi connectivity index (χ3v) is 5.98. The van der Waals surface area contributed by atoms with Crippen LogP contribution in [0.4, 0.5) is 0 Å². The van der Waals surface area contributed by atoms with E-state index in [1.807, 2.05) is 4.90 Å². The average Bonchev–Trinajstić information content (AvgIpc) is 3.17. The fourth-order valence-corrected chi connectivity index (χ4v) is 4.53. The minimum Gasteiger partial charge on any atom is -0.352 e. The highest BCUT2D eigenvalue weighted by molar-refractivity contribution is 5.85. The summed E-state index contributed by atoms with van der Waals surface area (Å²) >= 11 is 0. The quantitative estimate of drug-likeness (QED) is 0.810. The first-order chi connectivity index (χ1) is 11.1. The van der Waals surface area contributed by atoms with Gasteiger partial charge in [-0.1, -0.05) is 25.7 Å². The number of nitrogens with two attached hydrogens (primary N) is 1. The van der Waals surface area contributed by atoms with E-state index in [0.717, 1.165) is 45.1 Å². The van der Waals surface area contributed by atoms with Gasteiger partial charge in [0.15, 0.2) is 0 Å². The number of nitrogens with one attached hydrogen (secondary N) is 1. The van der Waals surface area contributed by atoms with Gasteiger partial charge in [0.05, 0.1) is 0 Å². The first-order valence-electron chi connectivity index (χ1n) is 9.47. The second-order valence-corrected chi connectivity index (χ2v) is 7.73. The Morgan fingerprint density at radius 2 is 1.75 bits per heavy atom. The van der Waals surface area contributed by atoms with Crippen molar-refractivity contribution in [2.45, 2.75) is 76.3 Å². The lowest BCUT2D eigenvalue weighted by atomic mass is 9.88. The molecule has 3 aliphatic rings. The Kier molecular flexibility index (Phi) is 7.35. The van der Waals surface area contributed by atoms with E-state index >= 15 is 0 Å². The van der Waals surface area contributed by atoms with Gasteiger partial charge in [-0.05, 0) is 38.0 Å². The summed E-state index contributed by atoms with van der Waals surface area (Å²) < 4.78 is 0. The molecule has 1 saturated heterocycles. The summed E-state index contributed by atoms with van der Waals surface area (Å²) in [4.78, 5) is 26.7. The molecule has 3 fully saturated rings. The molecular formula is C18H32ClN3O2. The van der Waals surface area contributed by atoms with Crippen LogP contribution in [0, 0.1) is 11.8 Å². The van der Waals surface area contributed by atoms with Crippen LogP contribution in [0.15, 0.2) is 0 Å². The van der Waals surface area contributed by atoms with Gasteiger partial charge in [0.25, 0.3) is 0 Å². The van der Waals surface area contributed by atoms with Crippen molar-refractivity contribution in [3.8, 4) is 0 Å². The monoisotopic (exact) mass is 357 g/mol. The number of halogens is 1. The van der Waals surface area contributed by atoms with Crippen molar-refractivity contribution in [1.82, 2.24) is 10.2 Å². The first kappa shape index (κ1) is 19.5. The van der Waals surface area contributed by atoms with Gasteiger partial charge in [-0.15, -0.1) is 12.4 Å². The molecule has 0 bridgehead atoms. The van der Waals surface area contributed by atoms with Crippen molar-refractivity contribution in [1.29, 1.82) is 0 Å². The second-order valence-electron chi connectivity index (χ2n) is 7.73. The third kappa shape index (κ3) is 4.85. The van der Waals surface area contributed by atoms with Crippen LogP contribution < -0.4 is 11.1 Å². The van der Waals surface area contributed by atoms with Crippen molar-refractivity contribution in [2.75, 3.05) is 13.1 Å². The summed E-state index contributed by atoms with van der Waals surface area (Å²) in [5.74, 6) is 1.01. The van der Waals surface area contributed by atoms with Gasteiger partial charge in [0, 0.05) is 37.5 Å². The zero-order chi connectivity index (χ0) is 16.2. The maximum atomic E-state index is 12.6. The van der Waals surface area contributed by atoms with Crippen LogP contribution in [0.25, 0.3) is 0 Å². The number of nitrogens with zero attached hydrogens (tertiary/aromatic N) is 1. The Balaban J connectivity index is 0.00000208. The number of carbonyl (C=O) groups is 2. The largest absolute Gasteiger partial charge is 0.352 e. The van der Waals surface area contributed by atoms with E-state index in [4.69, 9.17) is 5.73 Å². The maximum Gasteiger partial charge on any atom is 0.225 e. The molecule has 138 valence electrons. The zero-order valence-electron chi connectivity index (χ0n) is 14.5. The highest BCUT2D eigenvalue weighted by atomic mass is 35.5. The molecule has 0 spiro atoms. The van der Waals surface area contributed by atoms with Crippen LogP contribution in [0.1, 0.15) is 64.2 Å². The van der Waals surface area contributed by atoms with Gasteiger partial charge in [0.2, 0.25) is 11.8 Å². The van der Waals surface area contributed by atoms with Crippen molar-refractivity contribution < 1.29 is 9.59 Å².